The first-order valence-corrected chi connectivity index (χ1v) is 8.59. The molecule has 1 atom stereocenters. The molecule has 2 amide bonds. The van der Waals surface area contributed by atoms with Gasteiger partial charge in [-0.15, -0.1) is 0 Å². The summed E-state index contributed by atoms with van der Waals surface area (Å²) < 4.78 is 15.7. The van der Waals surface area contributed by atoms with Crippen molar-refractivity contribution in [2.75, 3.05) is 33.2 Å². The summed E-state index contributed by atoms with van der Waals surface area (Å²) in [6, 6.07) is 13.1. The molecule has 138 valence electrons. The number of carbonyl (C=O) groups excluding carboxylic acids is 1. The maximum absolute atomic E-state index is 12.8. The highest BCUT2D eigenvalue weighted by molar-refractivity contribution is 5.90. The average molecular weight is 356 g/mol. The van der Waals surface area contributed by atoms with E-state index in [1.807, 2.05) is 29.2 Å². The quantitative estimate of drug-likeness (QED) is 0.877. The number of nitrogens with one attached hydrogen (secondary N) is 1. The number of rotatable bonds is 5. The molecule has 1 heterocycles. The number of ether oxygens (including phenoxy) is 3. The molecule has 3 rings (SSSR count). The molecule has 1 fully saturated rings. The minimum Gasteiger partial charge on any atom is -0.497 e. The first-order chi connectivity index (χ1) is 12.6. The Hall–Kier alpha value is -2.89. The lowest BCUT2D eigenvalue weighted by Gasteiger charge is -2.25. The summed E-state index contributed by atoms with van der Waals surface area (Å²) in [7, 11) is 4.81. The van der Waals surface area contributed by atoms with Crippen LogP contribution in [0.4, 0.5) is 10.5 Å². The van der Waals surface area contributed by atoms with Crippen LogP contribution in [0.15, 0.2) is 42.5 Å². The maximum Gasteiger partial charge on any atom is 0.322 e. The van der Waals surface area contributed by atoms with Crippen molar-refractivity contribution in [3.05, 3.63) is 48.0 Å². The summed E-state index contributed by atoms with van der Waals surface area (Å²) in [5.74, 6) is 2.08. The number of nitrogens with zero attached hydrogens (tertiary/aromatic N) is 1. The Bertz CT molecular complexity index is 739. The molecule has 0 saturated carbocycles. The third-order valence-corrected chi connectivity index (χ3v) is 4.62. The molecule has 1 aliphatic heterocycles. The number of hydrogen-bond donors (Lipinski definition) is 1. The number of benzene rings is 2. The average Bonchev–Trinajstić information content (AvgIpc) is 3.17. The largest absolute Gasteiger partial charge is 0.497 e. The van der Waals surface area contributed by atoms with Gasteiger partial charge in [0.2, 0.25) is 0 Å². The standard InChI is InChI=1S/C20H24N2O4/c1-24-16-8-6-14(7-9-16)19-5-4-10-22(19)20(23)21-15-11-17(25-2)13-18(12-15)26-3/h6-9,11-13,19H,4-5,10H2,1-3H3,(H,21,23)/t19-/m1/s1. The van der Waals surface area contributed by atoms with E-state index in [1.165, 1.54) is 0 Å². The minimum atomic E-state index is -0.126. The Kier molecular flexibility index (Phi) is 5.51. The Balaban J connectivity index is 1.76. The van der Waals surface area contributed by atoms with Gasteiger partial charge in [-0.3, -0.25) is 0 Å². The summed E-state index contributed by atoms with van der Waals surface area (Å²) in [5.41, 5.74) is 1.76. The third-order valence-electron chi connectivity index (χ3n) is 4.62. The summed E-state index contributed by atoms with van der Waals surface area (Å²) in [6.45, 7) is 0.726. The Morgan fingerprint density at radius 2 is 1.58 bits per heavy atom. The van der Waals surface area contributed by atoms with E-state index in [9.17, 15) is 4.79 Å². The molecule has 6 nitrogen and oxygen atoms in total. The van der Waals surface area contributed by atoms with Crippen LogP contribution in [-0.4, -0.2) is 38.8 Å². The van der Waals surface area contributed by atoms with Gasteiger partial charge in [-0.1, -0.05) is 12.1 Å². The van der Waals surface area contributed by atoms with E-state index < -0.39 is 0 Å². The van der Waals surface area contributed by atoms with Crippen LogP contribution in [0.2, 0.25) is 0 Å². The fraction of sp³-hybridized carbons (Fsp3) is 0.350. The van der Waals surface area contributed by atoms with Gasteiger partial charge in [-0.05, 0) is 30.5 Å². The number of methoxy groups -OCH3 is 3. The monoisotopic (exact) mass is 356 g/mol. The highest BCUT2D eigenvalue weighted by Crippen LogP contribution is 2.34. The molecule has 0 aromatic heterocycles. The summed E-state index contributed by atoms with van der Waals surface area (Å²) in [4.78, 5) is 14.7. The van der Waals surface area contributed by atoms with Gasteiger partial charge < -0.3 is 24.4 Å². The van der Waals surface area contributed by atoms with Gasteiger partial charge in [0.05, 0.1) is 27.4 Å². The van der Waals surface area contributed by atoms with Crippen LogP contribution in [0.3, 0.4) is 0 Å². The molecule has 2 aromatic carbocycles. The van der Waals surface area contributed by atoms with Crippen molar-refractivity contribution in [1.82, 2.24) is 4.90 Å². The van der Waals surface area contributed by atoms with E-state index >= 15 is 0 Å². The second-order valence-electron chi connectivity index (χ2n) is 6.16. The highest BCUT2D eigenvalue weighted by atomic mass is 16.5. The van der Waals surface area contributed by atoms with Crippen molar-refractivity contribution in [1.29, 1.82) is 0 Å². The molecule has 0 radical (unpaired) electrons. The predicted octanol–water partition coefficient (Wildman–Crippen LogP) is 4.08. The number of likely N-dealkylation sites (tertiary alicyclic amines) is 1. The molecular formula is C20H24N2O4. The van der Waals surface area contributed by atoms with Crippen LogP contribution in [0.5, 0.6) is 17.2 Å². The van der Waals surface area contributed by atoms with E-state index in [4.69, 9.17) is 14.2 Å². The van der Waals surface area contributed by atoms with Gasteiger partial charge in [0.25, 0.3) is 0 Å². The third kappa shape index (κ3) is 3.85. The van der Waals surface area contributed by atoms with E-state index in [2.05, 4.69) is 5.32 Å². The normalized spacial score (nSPS) is 16.3. The second-order valence-corrected chi connectivity index (χ2v) is 6.16. The van der Waals surface area contributed by atoms with E-state index in [0.717, 1.165) is 30.7 Å². The predicted molar refractivity (Wildman–Crippen MR) is 100 cm³/mol. The number of anilines is 1. The van der Waals surface area contributed by atoms with Crippen molar-refractivity contribution >= 4 is 11.7 Å². The van der Waals surface area contributed by atoms with Gasteiger partial charge in [0.1, 0.15) is 17.2 Å². The van der Waals surface area contributed by atoms with Crippen LogP contribution < -0.4 is 19.5 Å². The van der Waals surface area contributed by atoms with E-state index in [-0.39, 0.29) is 12.1 Å². The molecule has 1 saturated heterocycles. The van der Waals surface area contributed by atoms with Gasteiger partial charge in [-0.2, -0.15) is 0 Å². The zero-order valence-corrected chi connectivity index (χ0v) is 15.3. The molecule has 2 aromatic rings. The molecule has 1 N–H and O–H groups in total. The first-order valence-electron chi connectivity index (χ1n) is 8.59. The summed E-state index contributed by atoms with van der Waals surface area (Å²) in [6.07, 6.45) is 1.92. The van der Waals surface area contributed by atoms with Gasteiger partial charge in [-0.25, -0.2) is 4.79 Å². The Morgan fingerprint density at radius 3 is 2.15 bits per heavy atom. The fourth-order valence-electron chi connectivity index (χ4n) is 3.26. The highest BCUT2D eigenvalue weighted by Gasteiger charge is 2.30. The first kappa shape index (κ1) is 17.9. The van der Waals surface area contributed by atoms with Crippen molar-refractivity contribution < 1.29 is 19.0 Å². The van der Waals surface area contributed by atoms with Crippen LogP contribution in [0.25, 0.3) is 0 Å². The maximum atomic E-state index is 12.8. The zero-order chi connectivity index (χ0) is 18.5. The van der Waals surface area contributed by atoms with Gasteiger partial charge in [0, 0.05) is 30.4 Å². The molecule has 0 aliphatic carbocycles. The molecule has 0 bridgehead atoms. The van der Waals surface area contributed by atoms with Gasteiger partial charge >= 0.3 is 6.03 Å². The number of amides is 2. The van der Waals surface area contributed by atoms with Crippen LogP contribution >= 0.6 is 0 Å². The molecule has 1 aliphatic rings. The number of hydrogen-bond acceptors (Lipinski definition) is 4. The molecule has 0 spiro atoms. The van der Waals surface area contributed by atoms with Crippen molar-refractivity contribution in [2.45, 2.75) is 18.9 Å². The topological polar surface area (TPSA) is 60.0 Å². The summed E-state index contributed by atoms with van der Waals surface area (Å²) >= 11 is 0. The zero-order valence-electron chi connectivity index (χ0n) is 15.3. The van der Waals surface area contributed by atoms with Crippen LogP contribution in [-0.2, 0) is 0 Å². The lowest BCUT2D eigenvalue weighted by atomic mass is 10.0. The van der Waals surface area contributed by atoms with E-state index in [1.54, 1.807) is 39.5 Å². The summed E-state index contributed by atoms with van der Waals surface area (Å²) in [5, 5.41) is 2.96. The van der Waals surface area contributed by atoms with Crippen LogP contribution in [0.1, 0.15) is 24.4 Å². The van der Waals surface area contributed by atoms with Crippen LogP contribution in [0, 0.1) is 0 Å². The molecule has 6 heteroatoms. The Morgan fingerprint density at radius 1 is 0.962 bits per heavy atom. The fourth-order valence-corrected chi connectivity index (χ4v) is 3.26. The number of urea groups is 1. The van der Waals surface area contributed by atoms with Gasteiger partial charge in [0.15, 0.2) is 0 Å². The lowest BCUT2D eigenvalue weighted by molar-refractivity contribution is 0.207. The van der Waals surface area contributed by atoms with Crippen molar-refractivity contribution in [2.24, 2.45) is 0 Å². The Labute approximate surface area is 153 Å². The smallest absolute Gasteiger partial charge is 0.322 e. The number of carbonyl (C=O) groups is 1. The molecule has 26 heavy (non-hydrogen) atoms. The van der Waals surface area contributed by atoms with Crippen molar-refractivity contribution in [3.63, 3.8) is 0 Å². The second kappa shape index (κ2) is 7.99. The molecule has 0 unspecified atom stereocenters. The lowest BCUT2D eigenvalue weighted by Crippen LogP contribution is -2.34. The van der Waals surface area contributed by atoms with Crippen molar-refractivity contribution in [3.8, 4) is 17.2 Å². The van der Waals surface area contributed by atoms with E-state index in [0.29, 0.717) is 17.2 Å². The minimum absolute atomic E-state index is 0.0633. The SMILES string of the molecule is COc1ccc([C@H]2CCCN2C(=O)Nc2cc(OC)cc(OC)c2)cc1. The molecular weight excluding hydrogens is 332 g/mol.